The van der Waals surface area contributed by atoms with Crippen molar-refractivity contribution in [2.24, 2.45) is 0 Å². The zero-order valence-corrected chi connectivity index (χ0v) is 12.8. The van der Waals surface area contributed by atoms with Crippen molar-refractivity contribution >= 4 is 11.6 Å². The topological polar surface area (TPSA) is 76.1 Å². The fourth-order valence-electron chi connectivity index (χ4n) is 1.92. The van der Waals surface area contributed by atoms with Crippen LogP contribution in [0.15, 0.2) is 36.7 Å². The summed E-state index contributed by atoms with van der Waals surface area (Å²) in [6.07, 6.45) is 4.55. The molecule has 0 fully saturated rings. The van der Waals surface area contributed by atoms with Crippen molar-refractivity contribution in [3.8, 4) is 11.8 Å². The van der Waals surface area contributed by atoms with Gasteiger partial charge in [-0.25, -0.2) is 9.97 Å². The molecule has 1 heterocycles. The number of carbonyl (C=O) groups is 1. The highest BCUT2D eigenvalue weighted by molar-refractivity contribution is 5.91. The Balaban J connectivity index is 1.96. The largest absolute Gasteiger partial charge is 0.424 e. The molecule has 0 saturated carbocycles. The third kappa shape index (κ3) is 4.82. The number of carbonyl (C=O) groups excluding carboxylic acids is 1. The van der Waals surface area contributed by atoms with Crippen LogP contribution in [0.5, 0.6) is 11.8 Å². The molecular formula is C16H20N4O2. The molecule has 22 heavy (non-hydrogen) atoms. The smallest absolute Gasteiger partial charge is 0.321 e. The molecule has 0 aliphatic rings. The molecule has 0 radical (unpaired) electrons. The van der Waals surface area contributed by atoms with Gasteiger partial charge in [-0.05, 0) is 56.8 Å². The molecule has 6 nitrogen and oxygen atoms in total. The molecule has 0 spiro atoms. The molecule has 2 N–H and O–H groups in total. The first-order valence-electron chi connectivity index (χ1n) is 7.19. The zero-order valence-electron chi connectivity index (χ0n) is 12.8. The average Bonchev–Trinajstić information content (AvgIpc) is 2.51. The molecule has 0 unspecified atom stereocenters. The SMILES string of the molecule is CNCCCC(=O)Nc1ccc(Oc2ncccn2)cc1C. The summed E-state index contributed by atoms with van der Waals surface area (Å²) in [5.41, 5.74) is 1.71. The van der Waals surface area contributed by atoms with Gasteiger partial charge in [-0.2, -0.15) is 0 Å². The van der Waals surface area contributed by atoms with Crippen LogP contribution in [0.25, 0.3) is 0 Å². The van der Waals surface area contributed by atoms with Crippen molar-refractivity contribution in [3.63, 3.8) is 0 Å². The molecule has 2 rings (SSSR count). The molecule has 0 atom stereocenters. The summed E-state index contributed by atoms with van der Waals surface area (Å²) in [5, 5.41) is 5.93. The van der Waals surface area contributed by atoms with Crippen molar-refractivity contribution < 1.29 is 9.53 Å². The van der Waals surface area contributed by atoms with Gasteiger partial charge in [0.25, 0.3) is 0 Å². The minimum absolute atomic E-state index is 0.0124. The molecule has 1 aromatic carbocycles. The van der Waals surface area contributed by atoms with Crippen LogP contribution in [-0.2, 0) is 4.79 Å². The Hall–Kier alpha value is -2.47. The van der Waals surface area contributed by atoms with E-state index in [1.807, 2.05) is 26.1 Å². The van der Waals surface area contributed by atoms with E-state index in [0.717, 1.165) is 24.2 Å². The van der Waals surface area contributed by atoms with Crippen LogP contribution in [0, 0.1) is 6.92 Å². The highest BCUT2D eigenvalue weighted by atomic mass is 16.5. The number of benzene rings is 1. The maximum atomic E-state index is 11.8. The van der Waals surface area contributed by atoms with Gasteiger partial charge in [0.2, 0.25) is 5.91 Å². The van der Waals surface area contributed by atoms with Crippen LogP contribution in [-0.4, -0.2) is 29.5 Å². The second-order valence-electron chi connectivity index (χ2n) is 4.87. The lowest BCUT2D eigenvalue weighted by molar-refractivity contribution is -0.116. The van der Waals surface area contributed by atoms with E-state index in [9.17, 15) is 4.79 Å². The fourth-order valence-corrected chi connectivity index (χ4v) is 1.92. The van der Waals surface area contributed by atoms with E-state index < -0.39 is 0 Å². The number of aryl methyl sites for hydroxylation is 1. The van der Waals surface area contributed by atoms with E-state index in [1.54, 1.807) is 24.5 Å². The van der Waals surface area contributed by atoms with E-state index in [1.165, 1.54) is 0 Å². The summed E-state index contributed by atoms with van der Waals surface area (Å²) in [6.45, 7) is 2.75. The van der Waals surface area contributed by atoms with Crippen LogP contribution in [0.1, 0.15) is 18.4 Å². The highest BCUT2D eigenvalue weighted by Crippen LogP contribution is 2.24. The minimum atomic E-state index is 0.0124. The summed E-state index contributed by atoms with van der Waals surface area (Å²) >= 11 is 0. The normalized spacial score (nSPS) is 10.3. The number of hydrogen-bond acceptors (Lipinski definition) is 5. The van der Waals surface area contributed by atoms with Crippen LogP contribution in [0.2, 0.25) is 0 Å². The summed E-state index contributed by atoms with van der Waals surface area (Å²) in [4.78, 5) is 19.8. The number of anilines is 1. The van der Waals surface area contributed by atoms with Crippen molar-refractivity contribution in [3.05, 3.63) is 42.2 Å². The first-order chi connectivity index (χ1) is 10.7. The molecule has 2 aromatic rings. The second kappa shape index (κ2) is 8.09. The summed E-state index contributed by atoms with van der Waals surface area (Å²) < 4.78 is 5.56. The number of ether oxygens (including phenoxy) is 1. The lowest BCUT2D eigenvalue weighted by atomic mass is 10.2. The monoisotopic (exact) mass is 300 g/mol. The maximum absolute atomic E-state index is 11.8. The Kier molecular flexibility index (Phi) is 5.85. The quantitative estimate of drug-likeness (QED) is 0.768. The van der Waals surface area contributed by atoms with Gasteiger partial charge in [0.05, 0.1) is 0 Å². The average molecular weight is 300 g/mol. The van der Waals surface area contributed by atoms with E-state index in [4.69, 9.17) is 4.74 Å². The minimum Gasteiger partial charge on any atom is -0.424 e. The third-order valence-corrected chi connectivity index (χ3v) is 3.05. The molecule has 1 amide bonds. The molecule has 6 heteroatoms. The lowest BCUT2D eigenvalue weighted by Crippen LogP contribution is -2.15. The summed E-state index contributed by atoms with van der Waals surface area (Å²) in [7, 11) is 1.87. The number of amides is 1. The summed E-state index contributed by atoms with van der Waals surface area (Å²) in [6, 6.07) is 7.48. The van der Waals surface area contributed by atoms with Gasteiger partial charge in [0.15, 0.2) is 0 Å². The molecule has 116 valence electrons. The van der Waals surface area contributed by atoms with Gasteiger partial charge in [-0.3, -0.25) is 4.79 Å². The number of nitrogens with zero attached hydrogens (tertiary/aromatic N) is 2. The molecule has 0 bridgehead atoms. The second-order valence-corrected chi connectivity index (χ2v) is 4.87. The van der Waals surface area contributed by atoms with Crippen molar-refractivity contribution in [1.82, 2.24) is 15.3 Å². The molecule has 1 aromatic heterocycles. The predicted octanol–water partition coefficient (Wildman–Crippen LogP) is 2.52. The maximum Gasteiger partial charge on any atom is 0.321 e. The van der Waals surface area contributed by atoms with Crippen molar-refractivity contribution in [2.75, 3.05) is 18.9 Å². The Bertz CT molecular complexity index is 617. The van der Waals surface area contributed by atoms with Gasteiger partial charge in [0, 0.05) is 24.5 Å². The number of nitrogens with one attached hydrogen (secondary N) is 2. The van der Waals surface area contributed by atoms with E-state index in [2.05, 4.69) is 20.6 Å². The van der Waals surface area contributed by atoms with Crippen LogP contribution in [0.3, 0.4) is 0 Å². The standard InChI is InChI=1S/C16H20N4O2/c1-12-11-13(22-16-18-9-4-10-19-16)6-7-14(12)20-15(21)5-3-8-17-2/h4,6-7,9-11,17H,3,5,8H2,1-2H3,(H,20,21). The predicted molar refractivity (Wildman–Crippen MR) is 85.1 cm³/mol. The van der Waals surface area contributed by atoms with Crippen LogP contribution < -0.4 is 15.4 Å². The third-order valence-electron chi connectivity index (χ3n) is 3.05. The van der Waals surface area contributed by atoms with E-state index in [-0.39, 0.29) is 5.91 Å². The Morgan fingerprint density at radius 3 is 2.73 bits per heavy atom. The molecule has 0 aliphatic heterocycles. The first-order valence-corrected chi connectivity index (χ1v) is 7.19. The fraction of sp³-hybridized carbons (Fsp3) is 0.312. The Morgan fingerprint density at radius 1 is 1.27 bits per heavy atom. The van der Waals surface area contributed by atoms with E-state index in [0.29, 0.717) is 18.2 Å². The van der Waals surface area contributed by atoms with Crippen molar-refractivity contribution in [2.45, 2.75) is 19.8 Å². The van der Waals surface area contributed by atoms with Crippen LogP contribution >= 0.6 is 0 Å². The number of hydrogen-bond donors (Lipinski definition) is 2. The Morgan fingerprint density at radius 2 is 2.05 bits per heavy atom. The molecule has 0 saturated heterocycles. The van der Waals surface area contributed by atoms with Gasteiger partial charge < -0.3 is 15.4 Å². The Labute approximate surface area is 129 Å². The van der Waals surface area contributed by atoms with Gasteiger partial charge in [0.1, 0.15) is 5.75 Å². The van der Waals surface area contributed by atoms with Crippen LogP contribution in [0.4, 0.5) is 5.69 Å². The number of aromatic nitrogens is 2. The zero-order chi connectivity index (χ0) is 15.8. The molecular weight excluding hydrogens is 280 g/mol. The summed E-state index contributed by atoms with van der Waals surface area (Å²) in [5.74, 6) is 0.648. The highest BCUT2D eigenvalue weighted by Gasteiger charge is 2.07. The first kappa shape index (κ1) is 15.9. The number of rotatable bonds is 7. The van der Waals surface area contributed by atoms with Gasteiger partial charge in [-0.15, -0.1) is 0 Å². The molecule has 0 aliphatic carbocycles. The van der Waals surface area contributed by atoms with Gasteiger partial charge >= 0.3 is 6.01 Å². The van der Waals surface area contributed by atoms with E-state index >= 15 is 0 Å². The van der Waals surface area contributed by atoms with Crippen molar-refractivity contribution in [1.29, 1.82) is 0 Å². The lowest BCUT2D eigenvalue weighted by Gasteiger charge is -2.10. The van der Waals surface area contributed by atoms with Gasteiger partial charge in [-0.1, -0.05) is 0 Å².